The van der Waals surface area contributed by atoms with Crippen LogP contribution in [0.1, 0.15) is 23.6 Å². The first-order chi connectivity index (χ1) is 13.0. The fourth-order valence-corrected chi connectivity index (χ4v) is 4.08. The van der Waals surface area contributed by atoms with Crippen LogP contribution in [0.25, 0.3) is 0 Å². The van der Waals surface area contributed by atoms with Gasteiger partial charge in [-0.25, -0.2) is 0 Å². The molecule has 140 valence electrons. The summed E-state index contributed by atoms with van der Waals surface area (Å²) in [4.78, 5) is 12.2. The topological polar surface area (TPSA) is 66.9 Å². The van der Waals surface area contributed by atoms with E-state index >= 15 is 0 Å². The molecular formula is C20H22N4OS2. The van der Waals surface area contributed by atoms with Gasteiger partial charge in [-0.1, -0.05) is 54.3 Å². The van der Waals surface area contributed by atoms with E-state index in [0.717, 1.165) is 27.3 Å². The molecule has 3 rings (SSSR count). The SMILES string of the molecule is CCc1cccc(NC(=O)CSc2nnc(Nc3cccc(C)c3C)s2)c1. The first-order valence-electron chi connectivity index (χ1n) is 8.73. The number of aryl methyl sites for hydroxylation is 2. The van der Waals surface area contributed by atoms with Crippen LogP contribution in [0.5, 0.6) is 0 Å². The van der Waals surface area contributed by atoms with Crippen molar-refractivity contribution in [3.63, 3.8) is 0 Å². The summed E-state index contributed by atoms with van der Waals surface area (Å²) in [6.07, 6.45) is 0.944. The van der Waals surface area contributed by atoms with Crippen LogP contribution in [0.15, 0.2) is 46.8 Å². The molecule has 1 heterocycles. The number of amides is 1. The Balaban J connectivity index is 1.54. The van der Waals surface area contributed by atoms with Crippen molar-refractivity contribution in [2.75, 3.05) is 16.4 Å². The number of aromatic nitrogens is 2. The number of carbonyl (C=O) groups excluding carboxylic acids is 1. The Hall–Kier alpha value is -2.38. The lowest BCUT2D eigenvalue weighted by Crippen LogP contribution is -2.14. The van der Waals surface area contributed by atoms with Crippen LogP contribution < -0.4 is 10.6 Å². The van der Waals surface area contributed by atoms with E-state index in [2.05, 4.69) is 53.7 Å². The highest BCUT2D eigenvalue weighted by atomic mass is 32.2. The molecule has 0 aliphatic rings. The number of nitrogens with zero attached hydrogens (tertiary/aromatic N) is 2. The highest BCUT2D eigenvalue weighted by Gasteiger charge is 2.10. The average molecular weight is 399 g/mol. The summed E-state index contributed by atoms with van der Waals surface area (Å²) >= 11 is 2.84. The van der Waals surface area contributed by atoms with Gasteiger partial charge in [-0.3, -0.25) is 4.79 Å². The van der Waals surface area contributed by atoms with Crippen LogP contribution in [0, 0.1) is 13.8 Å². The van der Waals surface area contributed by atoms with E-state index in [1.165, 1.54) is 39.8 Å². The van der Waals surface area contributed by atoms with E-state index in [-0.39, 0.29) is 5.91 Å². The van der Waals surface area contributed by atoms with Gasteiger partial charge in [0.25, 0.3) is 0 Å². The second-order valence-electron chi connectivity index (χ2n) is 6.14. The van der Waals surface area contributed by atoms with Crippen LogP contribution in [-0.2, 0) is 11.2 Å². The van der Waals surface area contributed by atoms with Crippen LogP contribution in [0.2, 0.25) is 0 Å². The third-order valence-electron chi connectivity index (χ3n) is 4.20. The number of thioether (sulfide) groups is 1. The van der Waals surface area contributed by atoms with Gasteiger partial charge in [0.15, 0.2) is 4.34 Å². The summed E-state index contributed by atoms with van der Waals surface area (Å²) in [5, 5.41) is 15.3. The number of hydrogen-bond donors (Lipinski definition) is 2. The van der Waals surface area contributed by atoms with Crippen LogP contribution >= 0.6 is 23.1 Å². The number of nitrogens with one attached hydrogen (secondary N) is 2. The Morgan fingerprint density at radius 1 is 1.15 bits per heavy atom. The van der Waals surface area contributed by atoms with E-state index in [1.807, 2.05) is 30.3 Å². The third-order valence-corrected chi connectivity index (χ3v) is 6.17. The van der Waals surface area contributed by atoms with Gasteiger partial charge in [-0.2, -0.15) is 0 Å². The molecule has 7 heteroatoms. The molecule has 2 aromatic carbocycles. The van der Waals surface area contributed by atoms with Gasteiger partial charge in [0.05, 0.1) is 5.75 Å². The molecule has 1 aromatic heterocycles. The second kappa shape index (κ2) is 9.01. The zero-order chi connectivity index (χ0) is 19.2. The molecule has 0 aliphatic heterocycles. The predicted octanol–water partition coefficient (Wildman–Crippen LogP) is 5.19. The Labute approximate surface area is 167 Å². The molecule has 27 heavy (non-hydrogen) atoms. The molecule has 0 spiro atoms. The summed E-state index contributed by atoms with van der Waals surface area (Å²) < 4.78 is 0.764. The van der Waals surface area contributed by atoms with E-state index in [4.69, 9.17) is 0 Å². The minimum Gasteiger partial charge on any atom is -0.330 e. The Kier molecular flexibility index (Phi) is 6.47. The fraction of sp³-hybridized carbons (Fsp3) is 0.250. The second-order valence-corrected chi connectivity index (χ2v) is 8.34. The minimum absolute atomic E-state index is 0.0486. The van der Waals surface area contributed by atoms with Crippen molar-refractivity contribution in [2.24, 2.45) is 0 Å². The Bertz CT molecular complexity index is 939. The van der Waals surface area contributed by atoms with Crippen molar-refractivity contribution < 1.29 is 4.79 Å². The molecule has 0 unspecified atom stereocenters. The number of anilines is 3. The van der Waals surface area contributed by atoms with Crippen LogP contribution in [0.3, 0.4) is 0 Å². The molecule has 1 amide bonds. The van der Waals surface area contributed by atoms with Crippen LogP contribution in [-0.4, -0.2) is 21.9 Å². The van der Waals surface area contributed by atoms with Crippen molar-refractivity contribution in [3.8, 4) is 0 Å². The minimum atomic E-state index is -0.0486. The summed E-state index contributed by atoms with van der Waals surface area (Å²) in [6.45, 7) is 6.25. The summed E-state index contributed by atoms with van der Waals surface area (Å²) in [5.41, 5.74) is 5.47. The van der Waals surface area contributed by atoms with Gasteiger partial charge < -0.3 is 10.6 Å². The molecule has 3 aromatic rings. The highest BCUT2D eigenvalue weighted by Crippen LogP contribution is 2.29. The van der Waals surface area contributed by atoms with Crippen molar-refractivity contribution in [1.82, 2.24) is 10.2 Å². The summed E-state index contributed by atoms with van der Waals surface area (Å²) in [6, 6.07) is 14.0. The first-order valence-corrected chi connectivity index (χ1v) is 10.5. The lowest BCUT2D eigenvalue weighted by Gasteiger charge is -2.08. The fourth-order valence-electron chi connectivity index (χ4n) is 2.51. The molecule has 0 aliphatic carbocycles. The van der Waals surface area contributed by atoms with Gasteiger partial charge >= 0.3 is 0 Å². The van der Waals surface area contributed by atoms with Crippen molar-refractivity contribution in [1.29, 1.82) is 0 Å². The Morgan fingerprint density at radius 2 is 1.96 bits per heavy atom. The maximum atomic E-state index is 12.2. The molecule has 0 atom stereocenters. The normalized spacial score (nSPS) is 10.6. The first kappa shape index (κ1) is 19.4. The molecule has 0 saturated carbocycles. The van der Waals surface area contributed by atoms with E-state index in [9.17, 15) is 4.79 Å². The zero-order valence-electron chi connectivity index (χ0n) is 15.6. The molecule has 0 saturated heterocycles. The lowest BCUT2D eigenvalue weighted by molar-refractivity contribution is -0.113. The Morgan fingerprint density at radius 3 is 2.78 bits per heavy atom. The molecule has 5 nitrogen and oxygen atoms in total. The number of rotatable bonds is 7. The van der Waals surface area contributed by atoms with E-state index in [1.54, 1.807) is 0 Å². The average Bonchev–Trinajstić information content (AvgIpc) is 3.11. The maximum absolute atomic E-state index is 12.2. The standard InChI is InChI=1S/C20H22N4OS2/c1-4-15-8-6-9-16(11-15)21-18(25)12-26-20-24-23-19(27-20)22-17-10-5-7-13(2)14(17)3/h5-11H,4,12H2,1-3H3,(H,21,25)(H,22,23). The number of carbonyl (C=O) groups is 1. The van der Waals surface area contributed by atoms with E-state index in [0.29, 0.717) is 5.75 Å². The number of benzene rings is 2. The lowest BCUT2D eigenvalue weighted by atomic mass is 10.1. The summed E-state index contributed by atoms with van der Waals surface area (Å²) in [5.74, 6) is 0.251. The quantitative estimate of drug-likeness (QED) is 0.536. The third kappa shape index (κ3) is 5.30. The predicted molar refractivity (Wildman–Crippen MR) is 114 cm³/mol. The van der Waals surface area contributed by atoms with Crippen molar-refractivity contribution in [2.45, 2.75) is 31.5 Å². The van der Waals surface area contributed by atoms with Gasteiger partial charge in [0, 0.05) is 11.4 Å². The molecule has 0 radical (unpaired) electrons. The zero-order valence-corrected chi connectivity index (χ0v) is 17.2. The van der Waals surface area contributed by atoms with Gasteiger partial charge in [0.2, 0.25) is 11.0 Å². The smallest absolute Gasteiger partial charge is 0.234 e. The van der Waals surface area contributed by atoms with Crippen LogP contribution in [0.4, 0.5) is 16.5 Å². The maximum Gasteiger partial charge on any atom is 0.234 e. The molecule has 0 fully saturated rings. The highest BCUT2D eigenvalue weighted by molar-refractivity contribution is 8.01. The summed E-state index contributed by atoms with van der Waals surface area (Å²) in [7, 11) is 0. The number of hydrogen-bond acceptors (Lipinski definition) is 6. The van der Waals surface area contributed by atoms with Crippen molar-refractivity contribution in [3.05, 3.63) is 59.2 Å². The monoisotopic (exact) mass is 398 g/mol. The van der Waals surface area contributed by atoms with Crippen molar-refractivity contribution >= 4 is 45.5 Å². The van der Waals surface area contributed by atoms with Gasteiger partial charge in [-0.15, -0.1) is 10.2 Å². The van der Waals surface area contributed by atoms with Gasteiger partial charge in [0.1, 0.15) is 0 Å². The largest absolute Gasteiger partial charge is 0.330 e. The van der Waals surface area contributed by atoms with Gasteiger partial charge in [-0.05, 0) is 55.2 Å². The molecular weight excluding hydrogens is 376 g/mol. The molecule has 2 N–H and O–H groups in total. The molecule has 0 bridgehead atoms. The van der Waals surface area contributed by atoms with E-state index < -0.39 is 0 Å².